The number of aliphatic hydroxyl groups is 1. The third kappa shape index (κ3) is 14.8. The summed E-state index contributed by atoms with van der Waals surface area (Å²) >= 11 is 0. The molecule has 1 N–H and O–H groups in total. The molecule has 15 aromatic rings. The van der Waals surface area contributed by atoms with E-state index in [0.29, 0.717) is 44.3 Å². The van der Waals surface area contributed by atoms with Gasteiger partial charge in [0.2, 0.25) is 0 Å². The Morgan fingerprint density at radius 2 is 0.702 bits per heavy atom. The maximum absolute atomic E-state index is 10.3. The molecule has 8 aliphatic rings. The number of methoxy groups -OCH3 is 8. The fourth-order valence-electron chi connectivity index (χ4n) is 23.4. The van der Waals surface area contributed by atoms with E-state index in [1.54, 1.807) is 49.8 Å². The molecule has 0 saturated carbocycles. The Morgan fingerprint density at radius 3 is 1.09 bits per heavy atom. The number of aliphatic hydroxyl groups excluding tert-OH is 1. The van der Waals surface area contributed by atoms with Crippen LogP contribution in [0.1, 0.15) is 152 Å². The second-order valence-electron chi connectivity index (χ2n) is 38.3. The molecule has 17 nitrogen and oxygen atoms in total. The van der Waals surface area contributed by atoms with Gasteiger partial charge in [0.25, 0.3) is 0 Å². The molecule has 0 aromatic heterocycles. The van der Waals surface area contributed by atoms with E-state index in [1.165, 1.54) is 61.2 Å². The third-order valence-corrected chi connectivity index (χ3v) is 30.7. The first-order chi connectivity index (χ1) is 68.6. The van der Waals surface area contributed by atoms with Crippen molar-refractivity contribution in [2.45, 2.75) is 108 Å². The fourth-order valence-corrected chi connectivity index (χ4v) is 23.4. The number of hydrogen-bond donors (Lipinski definition) is 1. The zero-order chi connectivity index (χ0) is 97.8. The lowest BCUT2D eigenvalue weighted by Gasteiger charge is -2.39. The van der Waals surface area contributed by atoms with Crippen molar-refractivity contribution in [2.24, 2.45) is 0 Å². The quantitative estimate of drug-likeness (QED) is 0.0764. The van der Waals surface area contributed by atoms with Gasteiger partial charge in [-0.1, -0.05) is 232 Å². The molecular formula is C124H117N3O14. The molecule has 3 aliphatic carbocycles. The molecular weight excluding hydrogens is 1760 g/mol. The molecule has 2 saturated heterocycles. The van der Waals surface area contributed by atoms with E-state index in [4.69, 9.17) is 68.2 Å². The summed E-state index contributed by atoms with van der Waals surface area (Å²) in [5, 5.41) is 16.5. The van der Waals surface area contributed by atoms with E-state index in [0.717, 1.165) is 206 Å². The van der Waals surface area contributed by atoms with Gasteiger partial charge in [0, 0.05) is 129 Å². The number of anilines is 2. The van der Waals surface area contributed by atoms with Crippen molar-refractivity contribution in [1.29, 1.82) is 0 Å². The third-order valence-electron chi connectivity index (χ3n) is 30.7. The lowest BCUT2D eigenvalue weighted by Crippen LogP contribution is -2.36. The van der Waals surface area contributed by atoms with Gasteiger partial charge in [0.1, 0.15) is 62.9 Å². The second kappa shape index (κ2) is 36.6. The van der Waals surface area contributed by atoms with Gasteiger partial charge in [-0.2, -0.15) is 0 Å². The lowest BCUT2D eigenvalue weighted by atomic mass is 9.76. The number of benzene rings is 15. The Balaban J connectivity index is 0.000000126. The summed E-state index contributed by atoms with van der Waals surface area (Å²) in [5.74, 6) is 7.00. The molecule has 0 radical (unpaired) electrons. The second-order valence-corrected chi connectivity index (χ2v) is 38.3. The molecule has 17 heteroatoms. The minimum absolute atomic E-state index is 0.116. The molecule has 0 amide bonds. The SMILES string of the molecule is CCC1(OC)c2ccccc2-c2c1c1c(c3cc(OC)c(N4CCOCC4)cc23)OC(c2ccc(C)cc2)(c2ccc(OC)cc2)C=C1.COc1ccc(C2(c3ccc(C)cc3)C=Cc3c4c(c5cc(CO)c(OC)cc5c3O2)-c2ccc(C)cc2C4(C)C)cc1.[C-]#[N+]c1ccc2c(c1)C(CC)(OC)c1c3c(c4cc(OC)c(N5CCOCC5)cc4c1-2)OC(c1ccc(C)cc1)(c1ccc(OC)cc1)C=C3. The number of ether oxygens (including phenoxy) is 13. The predicted octanol–water partition coefficient (Wildman–Crippen LogP) is 26.4. The van der Waals surface area contributed by atoms with Crippen LogP contribution in [0, 0.1) is 34.3 Å². The van der Waals surface area contributed by atoms with Crippen LogP contribution < -0.4 is 52.4 Å². The summed E-state index contributed by atoms with van der Waals surface area (Å²) < 4.78 is 81.8. The smallest absolute Gasteiger partial charge is 0.187 e. The van der Waals surface area contributed by atoms with Crippen LogP contribution in [0.5, 0.6) is 51.7 Å². The molecule has 141 heavy (non-hydrogen) atoms. The van der Waals surface area contributed by atoms with E-state index in [1.807, 2.05) is 61.7 Å². The van der Waals surface area contributed by atoms with Crippen LogP contribution in [0.15, 0.2) is 261 Å². The van der Waals surface area contributed by atoms with Crippen LogP contribution in [0.2, 0.25) is 0 Å². The highest BCUT2D eigenvalue weighted by Crippen LogP contribution is 2.66. The van der Waals surface area contributed by atoms with Crippen LogP contribution in [-0.4, -0.2) is 115 Å². The van der Waals surface area contributed by atoms with Crippen molar-refractivity contribution < 1.29 is 66.7 Å². The average Bonchev–Trinajstić information content (AvgIpc) is 1.54. The molecule has 15 aromatic carbocycles. The van der Waals surface area contributed by atoms with Crippen molar-refractivity contribution in [2.75, 3.05) is 119 Å². The summed E-state index contributed by atoms with van der Waals surface area (Å²) in [7, 11) is 13.8. The van der Waals surface area contributed by atoms with Crippen LogP contribution in [0.4, 0.5) is 17.1 Å². The van der Waals surface area contributed by atoms with E-state index in [2.05, 4.69) is 295 Å². The number of rotatable bonds is 19. The lowest BCUT2D eigenvalue weighted by molar-refractivity contribution is 0.0219. The van der Waals surface area contributed by atoms with Crippen LogP contribution in [0.25, 0.3) is 88.8 Å². The molecule has 5 aliphatic heterocycles. The molecule has 0 bridgehead atoms. The number of nitrogens with zero attached hydrogens (tertiary/aromatic N) is 3. The van der Waals surface area contributed by atoms with Gasteiger partial charge in [-0.25, -0.2) is 4.85 Å². The number of aryl methyl sites for hydroxylation is 4. The van der Waals surface area contributed by atoms with Crippen molar-refractivity contribution >= 4 is 67.6 Å². The molecule has 2 fully saturated rings. The van der Waals surface area contributed by atoms with Gasteiger partial charge in [-0.05, 0) is 209 Å². The predicted molar refractivity (Wildman–Crippen MR) is 563 cm³/mol. The molecule has 5 atom stereocenters. The first-order valence-electron chi connectivity index (χ1n) is 48.7. The molecule has 712 valence electrons. The van der Waals surface area contributed by atoms with Gasteiger partial charge in [0.15, 0.2) is 22.5 Å². The highest BCUT2D eigenvalue weighted by molar-refractivity contribution is 6.13. The first-order valence-corrected chi connectivity index (χ1v) is 48.7. The average molecular weight is 1870 g/mol. The fraction of sp³-hybridized carbons (Fsp3) is 0.266. The molecule has 0 spiro atoms. The Hall–Kier alpha value is -14.6. The van der Waals surface area contributed by atoms with Gasteiger partial charge in [-0.3, -0.25) is 0 Å². The Bertz CT molecular complexity index is 7580. The summed E-state index contributed by atoms with van der Waals surface area (Å²) in [6.45, 7) is 31.0. The van der Waals surface area contributed by atoms with E-state index >= 15 is 0 Å². The molecule has 5 unspecified atom stereocenters. The highest BCUT2D eigenvalue weighted by Gasteiger charge is 2.53. The Kier molecular flexibility index (Phi) is 24.0. The number of morpholine rings is 2. The van der Waals surface area contributed by atoms with Gasteiger partial charge >= 0.3 is 0 Å². The van der Waals surface area contributed by atoms with Gasteiger partial charge in [-0.15, -0.1) is 0 Å². The van der Waals surface area contributed by atoms with Crippen LogP contribution in [0.3, 0.4) is 0 Å². The standard InChI is InChI=1S/C43H40N2O5.C42H41NO5.C39H36O4/c1-7-42(48-6)36-24-30(44-3)14-17-32(36)39-34-25-37(45-20-22-49-23-21-45)38(47-5)26-35(34)41-33(40(39)42)18-19-43(50-41,28-10-8-27(2)9-11-28)29-12-15-31(46-4)16-13-29;1-6-41(46-5)35-10-8-7-9-31(35)38-33-25-36(43-21-23-47-24-22-43)37(45-4)26-34(33)40-32(39(38)41)19-20-42(48-40,28-13-11-27(2)12-14-28)29-15-17-30(44-3)18-16-29;1-23-7-10-26(11-8-23)39(27-12-14-28(41-5)15-13-27)18-17-30-36-35(29-16-9-24(2)19-33(29)38(36,3)4)31-20-25(22-40)34(42-6)21-32(31)37(30)43-39/h8-19,24-26H,7,20-23H2,1-2,4-6H3;7-20,25-26H,6,21-24H2,1-5H3;7-21,40H,22H2,1-6H3. The van der Waals surface area contributed by atoms with Crippen LogP contribution in [-0.2, 0) is 59.0 Å². The van der Waals surface area contributed by atoms with E-state index in [-0.39, 0.29) is 12.0 Å². The maximum atomic E-state index is 10.3. The number of fused-ring (bicyclic) bond motifs is 24. The largest absolute Gasteiger partial charge is 0.497 e. The molecule has 5 heterocycles. The topological polar surface area (TPSA) is 151 Å². The maximum Gasteiger partial charge on any atom is 0.187 e. The van der Waals surface area contributed by atoms with E-state index in [9.17, 15) is 5.11 Å². The minimum Gasteiger partial charge on any atom is -0.497 e. The van der Waals surface area contributed by atoms with Crippen molar-refractivity contribution in [3.05, 3.63) is 384 Å². The Labute approximate surface area is 825 Å². The zero-order valence-corrected chi connectivity index (χ0v) is 82.9. The Morgan fingerprint density at radius 1 is 0.355 bits per heavy atom. The van der Waals surface area contributed by atoms with Crippen molar-refractivity contribution in [3.63, 3.8) is 0 Å². The summed E-state index contributed by atoms with van der Waals surface area (Å²) in [6.07, 6.45) is 14.8. The zero-order valence-electron chi connectivity index (χ0n) is 82.9. The summed E-state index contributed by atoms with van der Waals surface area (Å²) in [6, 6.07) is 84.6. The highest BCUT2D eigenvalue weighted by atomic mass is 16.5. The molecule has 23 rings (SSSR count). The van der Waals surface area contributed by atoms with Gasteiger partial charge < -0.3 is 76.5 Å². The summed E-state index contributed by atoms with van der Waals surface area (Å²) in [5.41, 5.74) is 26.9. The normalized spacial score (nSPS) is 19.8. The number of hydrogen-bond acceptors (Lipinski definition) is 16. The van der Waals surface area contributed by atoms with Crippen molar-refractivity contribution in [3.8, 4) is 85.1 Å². The van der Waals surface area contributed by atoms with Gasteiger partial charge in [0.05, 0.1) is 93.6 Å². The first kappa shape index (κ1) is 92.7. The van der Waals surface area contributed by atoms with Crippen LogP contribution >= 0.6 is 0 Å². The van der Waals surface area contributed by atoms with Crippen molar-refractivity contribution in [1.82, 2.24) is 0 Å². The van der Waals surface area contributed by atoms with E-state index < -0.39 is 28.0 Å². The minimum atomic E-state index is -0.936. The monoisotopic (exact) mass is 1870 g/mol. The summed E-state index contributed by atoms with van der Waals surface area (Å²) in [4.78, 5) is 8.51.